The zero-order chi connectivity index (χ0) is 10.2. The molecule has 1 atom stereocenters. The van der Waals surface area contributed by atoms with Crippen molar-refractivity contribution in [3.05, 3.63) is 0 Å². The Bertz CT molecular complexity index is 112. The van der Waals surface area contributed by atoms with Gasteiger partial charge in [-0.3, -0.25) is 0 Å². The average molecular weight is 202 g/mol. The van der Waals surface area contributed by atoms with Gasteiger partial charge in [0.05, 0.1) is 0 Å². The van der Waals surface area contributed by atoms with Gasteiger partial charge in [0.2, 0.25) is 0 Å². The Labute approximate surface area is 89.9 Å². The van der Waals surface area contributed by atoms with E-state index < -0.39 is 0 Å². The van der Waals surface area contributed by atoms with Crippen molar-refractivity contribution in [2.75, 3.05) is 0 Å². The number of hydrogen-bond acceptors (Lipinski definition) is 1. The summed E-state index contributed by atoms with van der Waals surface area (Å²) in [4.78, 5) is 0. The van der Waals surface area contributed by atoms with Gasteiger partial charge in [0.1, 0.15) is 0 Å². The topological polar surface area (TPSA) is 0 Å². The molecule has 0 aliphatic rings. The Balaban J connectivity index is 3.67. The van der Waals surface area contributed by atoms with E-state index >= 15 is 0 Å². The zero-order valence-corrected chi connectivity index (χ0v) is 10.5. The maximum absolute atomic E-state index is 4.83. The minimum Gasteiger partial charge on any atom is -0.173 e. The van der Waals surface area contributed by atoms with Crippen molar-refractivity contribution in [2.45, 2.75) is 76.9 Å². The molecule has 0 heterocycles. The Kier molecular flexibility index (Phi) is 7.93. The molecule has 0 amide bonds. The second-order valence-electron chi connectivity index (χ2n) is 4.14. The molecule has 0 aromatic carbocycles. The van der Waals surface area contributed by atoms with Crippen molar-refractivity contribution in [3.8, 4) is 0 Å². The minimum atomic E-state index is 0.338. The van der Waals surface area contributed by atoms with E-state index in [0.29, 0.717) is 4.75 Å². The van der Waals surface area contributed by atoms with E-state index in [0.717, 1.165) is 0 Å². The van der Waals surface area contributed by atoms with Gasteiger partial charge in [-0.05, 0) is 19.3 Å². The Morgan fingerprint density at radius 3 is 1.85 bits per heavy atom. The second kappa shape index (κ2) is 7.73. The molecule has 0 radical (unpaired) electrons. The van der Waals surface area contributed by atoms with Gasteiger partial charge in [-0.2, -0.15) is 12.6 Å². The van der Waals surface area contributed by atoms with Gasteiger partial charge in [0.15, 0.2) is 0 Å². The summed E-state index contributed by atoms with van der Waals surface area (Å²) in [5.74, 6) is 0. The molecule has 0 saturated heterocycles. The first-order valence-electron chi connectivity index (χ1n) is 5.91. The SMILES string of the molecule is CCCCCC(S)(CC)CCCC. The van der Waals surface area contributed by atoms with Gasteiger partial charge in [0.25, 0.3) is 0 Å². The Morgan fingerprint density at radius 2 is 1.38 bits per heavy atom. The highest BCUT2D eigenvalue weighted by Gasteiger charge is 2.21. The normalized spacial score (nSPS) is 15.7. The van der Waals surface area contributed by atoms with Crippen molar-refractivity contribution >= 4 is 12.6 Å². The first-order chi connectivity index (χ1) is 6.18. The quantitative estimate of drug-likeness (QED) is 0.423. The third-order valence-corrected chi connectivity index (χ3v) is 3.66. The molecular formula is C12H26S. The van der Waals surface area contributed by atoms with Gasteiger partial charge in [-0.25, -0.2) is 0 Å². The van der Waals surface area contributed by atoms with E-state index in [4.69, 9.17) is 12.6 Å². The maximum atomic E-state index is 4.83. The van der Waals surface area contributed by atoms with Gasteiger partial charge >= 0.3 is 0 Å². The van der Waals surface area contributed by atoms with Gasteiger partial charge in [-0.15, -0.1) is 0 Å². The summed E-state index contributed by atoms with van der Waals surface area (Å²) < 4.78 is 0.338. The molecule has 0 aliphatic heterocycles. The molecule has 0 aliphatic carbocycles. The highest BCUT2D eigenvalue weighted by atomic mass is 32.1. The van der Waals surface area contributed by atoms with Crippen LogP contribution in [-0.2, 0) is 0 Å². The summed E-state index contributed by atoms with van der Waals surface area (Å²) in [5, 5.41) is 0. The van der Waals surface area contributed by atoms with Crippen LogP contribution in [-0.4, -0.2) is 4.75 Å². The van der Waals surface area contributed by atoms with Crippen molar-refractivity contribution < 1.29 is 0 Å². The third kappa shape index (κ3) is 6.42. The number of unbranched alkanes of at least 4 members (excludes halogenated alkanes) is 3. The fraction of sp³-hybridized carbons (Fsp3) is 1.00. The summed E-state index contributed by atoms with van der Waals surface area (Å²) in [6.07, 6.45) is 10.5. The van der Waals surface area contributed by atoms with E-state index in [-0.39, 0.29) is 0 Å². The standard InChI is InChI=1S/C12H26S/c1-4-7-9-11-12(13,6-3)10-8-5-2/h13H,4-11H2,1-3H3. The molecule has 0 spiro atoms. The van der Waals surface area contributed by atoms with E-state index in [1.807, 2.05) is 0 Å². The highest BCUT2D eigenvalue weighted by molar-refractivity contribution is 7.81. The van der Waals surface area contributed by atoms with Crippen molar-refractivity contribution in [2.24, 2.45) is 0 Å². The van der Waals surface area contributed by atoms with Crippen LogP contribution in [0.3, 0.4) is 0 Å². The molecule has 0 saturated carbocycles. The molecule has 80 valence electrons. The van der Waals surface area contributed by atoms with E-state index in [9.17, 15) is 0 Å². The predicted octanol–water partition coefficient (Wildman–Crippen LogP) is 4.84. The summed E-state index contributed by atoms with van der Waals surface area (Å²) in [6, 6.07) is 0. The lowest BCUT2D eigenvalue weighted by Gasteiger charge is -2.27. The molecule has 13 heavy (non-hydrogen) atoms. The smallest absolute Gasteiger partial charge is 0.0127 e. The van der Waals surface area contributed by atoms with Crippen LogP contribution in [0.2, 0.25) is 0 Å². The first kappa shape index (κ1) is 13.4. The lowest BCUT2D eigenvalue weighted by molar-refractivity contribution is 0.450. The van der Waals surface area contributed by atoms with Crippen LogP contribution in [0.4, 0.5) is 0 Å². The van der Waals surface area contributed by atoms with Crippen molar-refractivity contribution in [1.82, 2.24) is 0 Å². The fourth-order valence-electron chi connectivity index (χ4n) is 1.69. The largest absolute Gasteiger partial charge is 0.173 e. The highest BCUT2D eigenvalue weighted by Crippen LogP contribution is 2.31. The van der Waals surface area contributed by atoms with Gasteiger partial charge in [0, 0.05) is 4.75 Å². The van der Waals surface area contributed by atoms with Crippen LogP contribution in [0.25, 0.3) is 0 Å². The summed E-state index contributed by atoms with van der Waals surface area (Å²) in [6.45, 7) is 6.79. The van der Waals surface area contributed by atoms with E-state index in [1.54, 1.807) is 0 Å². The third-order valence-electron chi connectivity index (χ3n) is 2.90. The fourth-order valence-corrected chi connectivity index (χ4v) is 2.00. The number of hydrogen-bond donors (Lipinski definition) is 1. The van der Waals surface area contributed by atoms with Crippen molar-refractivity contribution in [1.29, 1.82) is 0 Å². The van der Waals surface area contributed by atoms with Crippen LogP contribution in [0.15, 0.2) is 0 Å². The maximum Gasteiger partial charge on any atom is 0.0127 e. The van der Waals surface area contributed by atoms with Crippen LogP contribution >= 0.6 is 12.6 Å². The summed E-state index contributed by atoms with van der Waals surface area (Å²) in [5.41, 5.74) is 0. The first-order valence-corrected chi connectivity index (χ1v) is 6.35. The van der Waals surface area contributed by atoms with Crippen LogP contribution in [0.1, 0.15) is 72.1 Å². The molecule has 1 unspecified atom stereocenters. The summed E-state index contributed by atoms with van der Waals surface area (Å²) >= 11 is 4.83. The van der Waals surface area contributed by atoms with Crippen LogP contribution in [0.5, 0.6) is 0 Å². The van der Waals surface area contributed by atoms with Crippen LogP contribution < -0.4 is 0 Å². The number of rotatable bonds is 8. The average Bonchev–Trinajstić information content (AvgIpc) is 2.15. The number of thiol groups is 1. The Hall–Kier alpha value is 0.350. The van der Waals surface area contributed by atoms with Crippen LogP contribution in [0, 0.1) is 0 Å². The predicted molar refractivity (Wildman–Crippen MR) is 65.7 cm³/mol. The Morgan fingerprint density at radius 1 is 0.846 bits per heavy atom. The van der Waals surface area contributed by atoms with E-state index in [1.165, 1.54) is 51.4 Å². The molecular weight excluding hydrogens is 176 g/mol. The monoisotopic (exact) mass is 202 g/mol. The van der Waals surface area contributed by atoms with Gasteiger partial charge in [-0.1, -0.05) is 52.9 Å². The molecule has 0 bridgehead atoms. The van der Waals surface area contributed by atoms with E-state index in [2.05, 4.69) is 20.8 Å². The molecule has 0 aromatic heterocycles. The molecule has 0 N–H and O–H groups in total. The molecule has 0 nitrogen and oxygen atoms in total. The van der Waals surface area contributed by atoms with Crippen molar-refractivity contribution in [3.63, 3.8) is 0 Å². The lowest BCUT2D eigenvalue weighted by atomic mass is 9.92. The molecule has 0 fully saturated rings. The zero-order valence-electron chi connectivity index (χ0n) is 9.60. The molecule has 0 aromatic rings. The lowest BCUT2D eigenvalue weighted by Crippen LogP contribution is -2.20. The second-order valence-corrected chi connectivity index (χ2v) is 5.09. The van der Waals surface area contributed by atoms with Gasteiger partial charge < -0.3 is 0 Å². The summed E-state index contributed by atoms with van der Waals surface area (Å²) in [7, 11) is 0. The molecule has 1 heteroatoms. The molecule has 0 rings (SSSR count). The minimum absolute atomic E-state index is 0.338.